The topological polar surface area (TPSA) is 42.1 Å². The number of hydrogen-bond donors (Lipinski definition) is 1. The minimum Gasteiger partial charge on any atom is -0.329 e. The van der Waals surface area contributed by atoms with Crippen molar-refractivity contribution in [2.24, 2.45) is 5.73 Å². The highest BCUT2D eigenvalue weighted by atomic mass is 15.2. The van der Waals surface area contributed by atoms with E-state index in [0.29, 0.717) is 0 Å². The summed E-state index contributed by atoms with van der Waals surface area (Å²) < 4.78 is 0. The summed E-state index contributed by atoms with van der Waals surface area (Å²) in [6.07, 6.45) is 1.85. The summed E-state index contributed by atoms with van der Waals surface area (Å²) >= 11 is 0. The average molecular weight is 289 g/mol. The zero-order chi connectivity index (χ0) is 15.4. The van der Waals surface area contributed by atoms with Gasteiger partial charge in [-0.3, -0.25) is 0 Å². The first-order valence-electron chi connectivity index (χ1n) is 7.31. The standard InChI is InChI=1S/C19H19N3/c1-22(17-10-6-3-7-11-17)18-13-12-16(14-21-18)19(20)15-8-4-2-5-9-15/h2-14,19H,20H2,1H3/t19-/m0/s1. The Morgan fingerprint density at radius 2 is 1.45 bits per heavy atom. The van der Waals surface area contributed by atoms with Crippen LogP contribution in [-0.4, -0.2) is 12.0 Å². The first-order chi connectivity index (χ1) is 10.8. The molecule has 0 aliphatic rings. The van der Waals surface area contributed by atoms with E-state index in [2.05, 4.69) is 22.0 Å². The average Bonchev–Trinajstić information content (AvgIpc) is 2.62. The van der Waals surface area contributed by atoms with Gasteiger partial charge in [-0.25, -0.2) is 4.98 Å². The summed E-state index contributed by atoms with van der Waals surface area (Å²) in [7, 11) is 2.01. The van der Waals surface area contributed by atoms with E-state index in [-0.39, 0.29) is 6.04 Å². The van der Waals surface area contributed by atoms with E-state index < -0.39 is 0 Å². The molecule has 110 valence electrons. The fourth-order valence-electron chi connectivity index (χ4n) is 2.42. The first kappa shape index (κ1) is 14.3. The summed E-state index contributed by atoms with van der Waals surface area (Å²) in [5.74, 6) is 0.898. The number of aromatic nitrogens is 1. The Morgan fingerprint density at radius 1 is 0.818 bits per heavy atom. The molecule has 0 bridgehead atoms. The van der Waals surface area contributed by atoms with Crippen molar-refractivity contribution in [3.63, 3.8) is 0 Å². The molecule has 0 aliphatic heterocycles. The highest BCUT2D eigenvalue weighted by molar-refractivity contribution is 5.58. The third-order valence-electron chi connectivity index (χ3n) is 3.78. The van der Waals surface area contributed by atoms with Gasteiger partial charge >= 0.3 is 0 Å². The Hall–Kier alpha value is -2.65. The molecule has 1 atom stereocenters. The number of rotatable bonds is 4. The number of benzene rings is 2. The predicted octanol–water partition coefficient (Wildman–Crippen LogP) is 3.90. The Labute approximate surface area is 131 Å². The van der Waals surface area contributed by atoms with Crippen LogP contribution in [0.25, 0.3) is 0 Å². The summed E-state index contributed by atoms with van der Waals surface area (Å²) in [4.78, 5) is 6.60. The van der Waals surface area contributed by atoms with E-state index in [4.69, 9.17) is 5.73 Å². The third kappa shape index (κ3) is 3.00. The van der Waals surface area contributed by atoms with E-state index >= 15 is 0 Å². The lowest BCUT2D eigenvalue weighted by Gasteiger charge is -2.19. The van der Waals surface area contributed by atoms with Crippen LogP contribution >= 0.6 is 0 Å². The molecule has 0 saturated carbocycles. The van der Waals surface area contributed by atoms with Gasteiger partial charge in [-0.1, -0.05) is 54.6 Å². The van der Waals surface area contributed by atoms with Gasteiger partial charge in [0.1, 0.15) is 5.82 Å². The molecule has 3 heteroatoms. The van der Waals surface area contributed by atoms with Crippen LogP contribution < -0.4 is 10.6 Å². The van der Waals surface area contributed by atoms with Gasteiger partial charge in [0.15, 0.2) is 0 Å². The monoisotopic (exact) mass is 289 g/mol. The van der Waals surface area contributed by atoms with Crippen molar-refractivity contribution in [3.8, 4) is 0 Å². The summed E-state index contributed by atoms with van der Waals surface area (Å²) in [5.41, 5.74) is 9.51. The second-order valence-electron chi connectivity index (χ2n) is 5.23. The lowest BCUT2D eigenvalue weighted by atomic mass is 10.0. The number of anilines is 2. The maximum Gasteiger partial charge on any atom is 0.132 e. The van der Waals surface area contributed by atoms with Crippen molar-refractivity contribution in [2.75, 3.05) is 11.9 Å². The number of hydrogen-bond acceptors (Lipinski definition) is 3. The largest absolute Gasteiger partial charge is 0.329 e. The quantitative estimate of drug-likeness (QED) is 0.792. The minimum atomic E-state index is -0.148. The molecule has 0 saturated heterocycles. The molecule has 0 amide bonds. The fraction of sp³-hybridized carbons (Fsp3) is 0.105. The van der Waals surface area contributed by atoms with Crippen molar-refractivity contribution in [3.05, 3.63) is 90.1 Å². The first-order valence-corrected chi connectivity index (χ1v) is 7.31. The van der Waals surface area contributed by atoms with Crippen LogP contribution in [-0.2, 0) is 0 Å². The molecule has 2 N–H and O–H groups in total. The highest BCUT2D eigenvalue weighted by Gasteiger charge is 2.10. The van der Waals surface area contributed by atoms with Gasteiger partial charge < -0.3 is 10.6 Å². The van der Waals surface area contributed by atoms with Crippen molar-refractivity contribution >= 4 is 11.5 Å². The Balaban J connectivity index is 1.81. The van der Waals surface area contributed by atoms with Crippen LogP contribution in [0.1, 0.15) is 17.2 Å². The highest BCUT2D eigenvalue weighted by Crippen LogP contribution is 2.24. The summed E-state index contributed by atoms with van der Waals surface area (Å²) in [6.45, 7) is 0. The fourth-order valence-corrected chi connectivity index (χ4v) is 2.42. The van der Waals surface area contributed by atoms with Crippen molar-refractivity contribution in [1.29, 1.82) is 0 Å². The second-order valence-corrected chi connectivity index (χ2v) is 5.23. The van der Waals surface area contributed by atoms with Gasteiger partial charge in [-0.2, -0.15) is 0 Å². The van der Waals surface area contributed by atoms with Crippen molar-refractivity contribution in [2.45, 2.75) is 6.04 Å². The zero-order valence-corrected chi connectivity index (χ0v) is 12.6. The molecule has 0 spiro atoms. The van der Waals surface area contributed by atoms with Crippen molar-refractivity contribution < 1.29 is 0 Å². The molecule has 3 nitrogen and oxygen atoms in total. The SMILES string of the molecule is CN(c1ccccc1)c1ccc([C@@H](N)c2ccccc2)cn1. The molecule has 0 radical (unpaired) electrons. The van der Waals surface area contributed by atoms with Crippen LogP contribution in [0.4, 0.5) is 11.5 Å². The number of nitrogens with zero attached hydrogens (tertiary/aromatic N) is 2. The van der Waals surface area contributed by atoms with Crippen LogP contribution in [0.5, 0.6) is 0 Å². The van der Waals surface area contributed by atoms with Crippen LogP contribution in [0.15, 0.2) is 79.0 Å². The summed E-state index contributed by atoms with van der Waals surface area (Å²) in [6, 6.07) is 24.1. The lowest BCUT2D eigenvalue weighted by molar-refractivity contribution is 0.862. The molecule has 3 rings (SSSR count). The van der Waals surface area contributed by atoms with Gasteiger partial charge in [0.2, 0.25) is 0 Å². The maximum atomic E-state index is 6.30. The molecule has 0 aliphatic carbocycles. The van der Waals surface area contributed by atoms with Gasteiger partial charge in [-0.15, -0.1) is 0 Å². The Morgan fingerprint density at radius 3 is 2.05 bits per heavy atom. The van der Waals surface area contributed by atoms with Crippen molar-refractivity contribution in [1.82, 2.24) is 4.98 Å². The van der Waals surface area contributed by atoms with Crippen LogP contribution in [0.3, 0.4) is 0 Å². The predicted molar refractivity (Wildman–Crippen MR) is 91.2 cm³/mol. The Bertz CT molecular complexity index is 644. The van der Waals surface area contributed by atoms with Gasteiger partial charge in [0.25, 0.3) is 0 Å². The second kappa shape index (κ2) is 6.41. The normalized spacial score (nSPS) is 11.9. The van der Waals surface area contributed by atoms with Crippen LogP contribution in [0, 0.1) is 0 Å². The smallest absolute Gasteiger partial charge is 0.132 e. The van der Waals surface area contributed by atoms with E-state index in [1.807, 2.05) is 73.9 Å². The number of nitrogens with two attached hydrogens (primary N) is 1. The van der Waals surface area contributed by atoms with E-state index in [1.54, 1.807) is 0 Å². The summed E-state index contributed by atoms with van der Waals surface area (Å²) in [5, 5.41) is 0. The van der Waals surface area contributed by atoms with Gasteiger partial charge in [0.05, 0.1) is 6.04 Å². The Kier molecular flexibility index (Phi) is 4.17. The third-order valence-corrected chi connectivity index (χ3v) is 3.78. The van der Waals surface area contributed by atoms with E-state index in [1.165, 1.54) is 0 Å². The molecule has 0 unspecified atom stereocenters. The zero-order valence-electron chi connectivity index (χ0n) is 12.6. The van der Waals surface area contributed by atoms with E-state index in [9.17, 15) is 0 Å². The molecule has 0 fully saturated rings. The minimum absolute atomic E-state index is 0.148. The number of pyridine rings is 1. The molecule has 1 heterocycles. The van der Waals surface area contributed by atoms with Gasteiger partial charge in [-0.05, 0) is 29.3 Å². The molecular weight excluding hydrogens is 270 g/mol. The molecular formula is C19H19N3. The van der Waals surface area contributed by atoms with Gasteiger partial charge in [0, 0.05) is 18.9 Å². The molecule has 22 heavy (non-hydrogen) atoms. The van der Waals surface area contributed by atoms with E-state index in [0.717, 1.165) is 22.6 Å². The number of para-hydroxylation sites is 1. The lowest BCUT2D eigenvalue weighted by Crippen LogP contribution is -2.14. The maximum absolute atomic E-state index is 6.30. The molecule has 1 aromatic heterocycles. The van der Waals surface area contributed by atoms with Crippen LogP contribution in [0.2, 0.25) is 0 Å². The molecule has 2 aromatic carbocycles. The molecule has 3 aromatic rings.